The lowest BCUT2D eigenvalue weighted by molar-refractivity contribution is -0.117. The van der Waals surface area contributed by atoms with E-state index in [4.69, 9.17) is 0 Å². The minimum Gasteiger partial charge on any atom is -0.324 e. The summed E-state index contributed by atoms with van der Waals surface area (Å²) in [5.41, 5.74) is 2.34. The van der Waals surface area contributed by atoms with Gasteiger partial charge in [-0.1, -0.05) is 15.9 Å². The Morgan fingerprint density at radius 3 is 2.71 bits per heavy atom. The summed E-state index contributed by atoms with van der Waals surface area (Å²) in [6.45, 7) is 1.87. The van der Waals surface area contributed by atoms with E-state index in [1.165, 1.54) is 16.9 Å². The molecule has 0 aliphatic rings. The van der Waals surface area contributed by atoms with Gasteiger partial charge in [0.15, 0.2) is 0 Å². The van der Waals surface area contributed by atoms with Gasteiger partial charge < -0.3 is 5.32 Å². The summed E-state index contributed by atoms with van der Waals surface area (Å²) in [7, 11) is 0. The van der Waals surface area contributed by atoms with Gasteiger partial charge in [0.05, 0.1) is 0 Å². The Morgan fingerprint density at radius 1 is 1.25 bits per heavy atom. The van der Waals surface area contributed by atoms with Crippen LogP contribution in [-0.2, 0) is 11.3 Å². The molecule has 6 nitrogen and oxygen atoms in total. The van der Waals surface area contributed by atoms with E-state index in [9.17, 15) is 9.18 Å². The van der Waals surface area contributed by atoms with E-state index >= 15 is 0 Å². The highest BCUT2D eigenvalue weighted by molar-refractivity contribution is 9.10. The van der Waals surface area contributed by atoms with Gasteiger partial charge in [-0.25, -0.2) is 4.39 Å². The van der Waals surface area contributed by atoms with Gasteiger partial charge in [-0.2, -0.15) is 4.80 Å². The molecule has 0 saturated heterocycles. The van der Waals surface area contributed by atoms with E-state index in [0.29, 0.717) is 17.1 Å². The number of amides is 1. The normalized spacial score (nSPS) is 10.6. The summed E-state index contributed by atoms with van der Waals surface area (Å²) >= 11 is 3.41. The van der Waals surface area contributed by atoms with Crippen LogP contribution < -0.4 is 5.32 Å². The molecule has 0 atom stereocenters. The van der Waals surface area contributed by atoms with Gasteiger partial charge in [-0.15, -0.1) is 10.2 Å². The molecule has 24 heavy (non-hydrogen) atoms. The van der Waals surface area contributed by atoms with Crippen LogP contribution in [-0.4, -0.2) is 26.1 Å². The van der Waals surface area contributed by atoms with Crippen LogP contribution >= 0.6 is 15.9 Å². The molecule has 1 heterocycles. The number of hydrogen-bond acceptors (Lipinski definition) is 4. The lowest BCUT2D eigenvalue weighted by Crippen LogP contribution is -2.20. The highest BCUT2D eigenvalue weighted by atomic mass is 79.9. The van der Waals surface area contributed by atoms with Crippen molar-refractivity contribution < 1.29 is 9.18 Å². The van der Waals surface area contributed by atoms with Crippen molar-refractivity contribution in [1.29, 1.82) is 0 Å². The maximum atomic E-state index is 12.9. The number of carbonyl (C=O) groups is 1. The molecular formula is C16H13BrFN5O. The highest BCUT2D eigenvalue weighted by Gasteiger charge is 2.10. The van der Waals surface area contributed by atoms with Crippen LogP contribution in [0.4, 0.5) is 10.1 Å². The number of nitrogens with zero attached hydrogens (tertiary/aromatic N) is 4. The lowest BCUT2D eigenvalue weighted by Gasteiger charge is -2.06. The number of hydrogen-bond donors (Lipinski definition) is 1. The van der Waals surface area contributed by atoms with Gasteiger partial charge in [-0.3, -0.25) is 4.79 Å². The summed E-state index contributed by atoms with van der Waals surface area (Å²) in [5, 5.41) is 14.6. The van der Waals surface area contributed by atoms with Gasteiger partial charge in [0.2, 0.25) is 11.7 Å². The molecular weight excluding hydrogens is 377 g/mol. The largest absolute Gasteiger partial charge is 0.324 e. The number of aromatic nitrogens is 4. The summed E-state index contributed by atoms with van der Waals surface area (Å²) in [5.74, 6) is -0.266. The summed E-state index contributed by atoms with van der Waals surface area (Å²) < 4.78 is 13.9. The standard InChI is InChI=1S/C16H13BrFN5O/c1-10-8-13(6-7-14(10)17)19-15(24)9-23-21-16(20-22-23)11-2-4-12(18)5-3-11/h2-8H,9H2,1H3,(H,19,24). The Bertz CT molecular complexity index is 878. The molecule has 0 unspecified atom stereocenters. The number of carbonyl (C=O) groups excluding carboxylic acids is 1. The second-order valence-electron chi connectivity index (χ2n) is 5.16. The van der Waals surface area contributed by atoms with Crippen LogP contribution in [0.25, 0.3) is 11.4 Å². The van der Waals surface area contributed by atoms with E-state index in [0.717, 1.165) is 10.0 Å². The number of nitrogens with one attached hydrogen (secondary N) is 1. The van der Waals surface area contributed by atoms with Gasteiger partial charge in [-0.05, 0) is 60.2 Å². The van der Waals surface area contributed by atoms with E-state index in [1.807, 2.05) is 19.1 Å². The third-order valence-electron chi connectivity index (χ3n) is 3.28. The molecule has 2 aromatic carbocycles. The smallest absolute Gasteiger partial charge is 0.248 e. The fourth-order valence-corrected chi connectivity index (χ4v) is 2.32. The molecule has 0 saturated carbocycles. The number of tetrazole rings is 1. The molecule has 3 rings (SSSR count). The molecule has 1 aromatic heterocycles. The number of halogens is 2. The predicted octanol–water partition coefficient (Wildman–Crippen LogP) is 3.19. The second kappa shape index (κ2) is 6.88. The Morgan fingerprint density at radius 2 is 2.00 bits per heavy atom. The Labute approximate surface area is 145 Å². The quantitative estimate of drug-likeness (QED) is 0.743. The highest BCUT2D eigenvalue weighted by Crippen LogP contribution is 2.20. The fraction of sp³-hybridized carbons (Fsp3) is 0.125. The number of anilines is 1. The first kappa shape index (κ1) is 16.3. The molecule has 1 N–H and O–H groups in total. The van der Waals surface area contributed by atoms with Crippen LogP contribution in [0.5, 0.6) is 0 Å². The Hall–Kier alpha value is -2.61. The third kappa shape index (κ3) is 3.83. The summed E-state index contributed by atoms with van der Waals surface area (Å²) in [4.78, 5) is 13.3. The van der Waals surface area contributed by atoms with Crippen molar-refractivity contribution in [2.45, 2.75) is 13.5 Å². The molecule has 0 spiro atoms. The van der Waals surface area contributed by atoms with Crippen molar-refractivity contribution in [3.63, 3.8) is 0 Å². The molecule has 8 heteroatoms. The van der Waals surface area contributed by atoms with Crippen LogP contribution in [0.2, 0.25) is 0 Å². The first-order chi connectivity index (χ1) is 11.5. The summed E-state index contributed by atoms with van der Waals surface area (Å²) in [6.07, 6.45) is 0. The minimum atomic E-state index is -0.338. The zero-order valence-electron chi connectivity index (χ0n) is 12.7. The van der Waals surface area contributed by atoms with E-state index in [2.05, 4.69) is 36.7 Å². The average Bonchev–Trinajstić information content (AvgIpc) is 3.00. The van der Waals surface area contributed by atoms with Crippen molar-refractivity contribution in [3.8, 4) is 11.4 Å². The Balaban J connectivity index is 1.66. The second-order valence-corrected chi connectivity index (χ2v) is 6.02. The number of benzene rings is 2. The van der Waals surface area contributed by atoms with Crippen molar-refractivity contribution in [2.24, 2.45) is 0 Å². The first-order valence-electron chi connectivity index (χ1n) is 7.11. The van der Waals surface area contributed by atoms with Crippen molar-refractivity contribution in [1.82, 2.24) is 20.2 Å². The van der Waals surface area contributed by atoms with Crippen molar-refractivity contribution in [2.75, 3.05) is 5.32 Å². The van der Waals surface area contributed by atoms with Gasteiger partial charge >= 0.3 is 0 Å². The molecule has 0 aliphatic heterocycles. The fourth-order valence-electron chi connectivity index (χ4n) is 2.08. The van der Waals surface area contributed by atoms with Crippen molar-refractivity contribution in [3.05, 3.63) is 58.3 Å². The maximum absolute atomic E-state index is 12.9. The SMILES string of the molecule is Cc1cc(NC(=O)Cn2nnc(-c3ccc(F)cc3)n2)ccc1Br. The monoisotopic (exact) mass is 389 g/mol. The number of aryl methyl sites for hydroxylation is 1. The van der Waals surface area contributed by atoms with Crippen molar-refractivity contribution >= 4 is 27.5 Å². The summed E-state index contributed by atoms with van der Waals surface area (Å²) in [6, 6.07) is 11.3. The predicted molar refractivity (Wildman–Crippen MR) is 90.7 cm³/mol. The number of rotatable bonds is 4. The van der Waals surface area contributed by atoms with Gasteiger partial charge in [0, 0.05) is 15.7 Å². The van der Waals surface area contributed by atoms with Crippen LogP contribution in [0.15, 0.2) is 46.9 Å². The zero-order valence-corrected chi connectivity index (χ0v) is 14.3. The molecule has 0 radical (unpaired) electrons. The van der Waals surface area contributed by atoms with Gasteiger partial charge in [0.25, 0.3) is 0 Å². The van der Waals surface area contributed by atoms with E-state index in [1.54, 1.807) is 18.2 Å². The topological polar surface area (TPSA) is 72.7 Å². The molecule has 0 bridgehead atoms. The minimum absolute atomic E-state index is 0.0662. The Kier molecular flexibility index (Phi) is 4.66. The maximum Gasteiger partial charge on any atom is 0.248 e. The van der Waals surface area contributed by atoms with Crippen LogP contribution in [0, 0.1) is 12.7 Å². The molecule has 1 amide bonds. The molecule has 122 valence electrons. The molecule has 0 aliphatic carbocycles. The molecule has 3 aromatic rings. The van der Waals surface area contributed by atoms with E-state index < -0.39 is 0 Å². The third-order valence-corrected chi connectivity index (χ3v) is 4.17. The molecule has 0 fully saturated rings. The zero-order chi connectivity index (χ0) is 17.1. The van der Waals surface area contributed by atoms with E-state index in [-0.39, 0.29) is 18.3 Å². The first-order valence-corrected chi connectivity index (χ1v) is 7.90. The van der Waals surface area contributed by atoms with Gasteiger partial charge in [0.1, 0.15) is 12.4 Å². The lowest BCUT2D eigenvalue weighted by atomic mass is 10.2. The van der Waals surface area contributed by atoms with Crippen LogP contribution in [0.1, 0.15) is 5.56 Å². The average molecular weight is 390 g/mol. The van der Waals surface area contributed by atoms with Crippen LogP contribution in [0.3, 0.4) is 0 Å².